The van der Waals surface area contributed by atoms with Crippen LogP contribution in [0.15, 0.2) is 54.7 Å². The topological polar surface area (TPSA) is 69.7 Å². The van der Waals surface area contributed by atoms with E-state index >= 15 is 0 Å². The molecule has 0 unspecified atom stereocenters. The lowest BCUT2D eigenvalue weighted by atomic mass is 10.2. The van der Waals surface area contributed by atoms with Crippen LogP contribution in [0.2, 0.25) is 0 Å². The van der Waals surface area contributed by atoms with E-state index in [0.717, 1.165) is 16.0 Å². The highest BCUT2D eigenvalue weighted by molar-refractivity contribution is 7.17. The maximum atomic E-state index is 12.9. The number of amides is 1. The fraction of sp³-hybridized carbons (Fsp3) is 0.273. The summed E-state index contributed by atoms with van der Waals surface area (Å²) in [5, 5.41) is 2.95. The highest BCUT2D eigenvalue weighted by atomic mass is 32.1. The van der Waals surface area contributed by atoms with E-state index in [1.54, 1.807) is 13.3 Å². The smallest absolute Gasteiger partial charge is 0.265 e. The summed E-state index contributed by atoms with van der Waals surface area (Å²) >= 11 is 1.42. The van der Waals surface area contributed by atoms with Gasteiger partial charge in [0, 0.05) is 30.3 Å². The van der Waals surface area contributed by atoms with Crippen molar-refractivity contribution in [3.63, 3.8) is 0 Å². The highest BCUT2D eigenvalue weighted by Gasteiger charge is 2.19. The van der Waals surface area contributed by atoms with Crippen molar-refractivity contribution < 1.29 is 19.0 Å². The van der Waals surface area contributed by atoms with E-state index in [0.29, 0.717) is 42.9 Å². The van der Waals surface area contributed by atoms with Gasteiger partial charge >= 0.3 is 0 Å². The van der Waals surface area contributed by atoms with Crippen LogP contribution in [-0.2, 0) is 11.3 Å². The molecule has 6 nitrogen and oxygen atoms in total. The van der Waals surface area contributed by atoms with Crippen molar-refractivity contribution in [3.8, 4) is 22.1 Å². The minimum Gasteiger partial charge on any atom is -0.492 e. The first-order valence-electron chi connectivity index (χ1n) is 9.38. The van der Waals surface area contributed by atoms with Gasteiger partial charge in [0.15, 0.2) is 0 Å². The molecule has 0 fully saturated rings. The third-order valence-electron chi connectivity index (χ3n) is 4.08. The van der Waals surface area contributed by atoms with Crippen molar-refractivity contribution in [2.24, 2.45) is 0 Å². The fourth-order valence-electron chi connectivity index (χ4n) is 2.71. The number of ether oxygens (including phenoxy) is 3. The van der Waals surface area contributed by atoms with Crippen molar-refractivity contribution in [2.75, 3.05) is 26.9 Å². The van der Waals surface area contributed by atoms with Crippen LogP contribution in [0.4, 0.5) is 0 Å². The van der Waals surface area contributed by atoms with Gasteiger partial charge in [0.05, 0.1) is 13.2 Å². The summed E-state index contributed by atoms with van der Waals surface area (Å²) in [5.41, 5.74) is 1.85. The Kier molecular flexibility index (Phi) is 7.61. The summed E-state index contributed by atoms with van der Waals surface area (Å²) in [6, 6.07) is 15.6. The van der Waals surface area contributed by atoms with E-state index in [4.69, 9.17) is 14.2 Å². The van der Waals surface area contributed by atoms with Gasteiger partial charge in [0.2, 0.25) is 5.88 Å². The Bertz CT molecular complexity index is 928. The van der Waals surface area contributed by atoms with Crippen molar-refractivity contribution in [3.05, 3.63) is 65.2 Å². The SMILES string of the molecule is CCOc1cc(-c2ccccc2)sc1C(=O)NCc1cccnc1OCCOC. The zero-order valence-corrected chi connectivity index (χ0v) is 17.3. The number of carbonyl (C=O) groups excluding carboxylic acids is 1. The third kappa shape index (κ3) is 5.56. The Morgan fingerprint density at radius 2 is 1.93 bits per heavy atom. The molecule has 3 rings (SSSR count). The average Bonchev–Trinajstić information content (AvgIpc) is 3.18. The number of benzene rings is 1. The first kappa shape index (κ1) is 20.8. The molecule has 0 saturated heterocycles. The van der Waals surface area contributed by atoms with Gasteiger partial charge in [-0.2, -0.15) is 0 Å². The summed E-state index contributed by atoms with van der Waals surface area (Å²) in [6.45, 7) is 3.57. The van der Waals surface area contributed by atoms with E-state index in [1.165, 1.54) is 11.3 Å². The molecule has 2 aromatic heterocycles. The number of carbonyl (C=O) groups is 1. The number of hydrogen-bond donors (Lipinski definition) is 1. The molecule has 0 aliphatic carbocycles. The maximum absolute atomic E-state index is 12.9. The number of rotatable bonds is 10. The molecule has 0 aliphatic rings. The molecule has 7 heteroatoms. The quantitative estimate of drug-likeness (QED) is 0.506. The lowest BCUT2D eigenvalue weighted by Gasteiger charge is -2.11. The second-order valence-electron chi connectivity index (χ2n) is 6.09. The molecule has 0 atom stereocenters. The molecular weight excluding hydrogens is 388 g/mol. The summed E-state index contributed by atoms with van der Waals surface area (Å²) in [6.07, 6.45) is 1.66. The lowest BCUT2D eigenvalue weighted by Crippen LogP contribution is -2.23. The van der Waals surface area contributed by atoms with Gasteiger partial charge in [0.1, 0.15) is 17.2 Å². The van der Waals surface area contributed by atoms with Crippen molar-refractivity contribution in [1.29, 1.82) is 0 Å². The second-order valence-corrected chi connectivity index (χ2v) is 7.15. The van der Waals surface area contributed by atoms with E-state index in [1.807, 2.05) is 55.5 Å². The number of nitrogens with zero attached hydrogens (tertiary/aromatic N) is 1. The molecule has 2 heterocycles. The van der Waals surface area contributed by atoms with E-state index in [2.05, 4.69) is 10.3 Å². The second kappa shape index (κ2) is 10.6. The largest absolute Gasteiger partial charge is 0.492 e. The van der Waals surface area contributed by atoms with Gasteiger partial charge in [-0.3, -0.25) is 4.79 Å². The molecular formula is C22H24N2O4S. The number of thiophene rings is 1. The molecule has 1 N–H and O–H groups in total. The molecule has 1 aromatic carbocycles. The van der Waals surface area contributed by atoms with Crippen LogP contribution in [0.3, 0.4) is 0 Å². The number of hydrogen-bond acceptors (Lipinski definition) is 6. The third-order valence-corrected chi connectivity index (χ3v) is 5.24. The molecule has 1 amide bonds. The molecule has 0 radical (unpaired) electrons. The van der Waals surface area contributed by atoms with Crippen LogP contribution in [0.1, 0.15) is 22.2 Å². The van der Waals surface area contributed by atoms with Gasteiger partial charge in [-0.05, 0) is 24.6 Å². The predicted molar refractivity (Wildman–Crippen MR) is 114 cm³/mol. The van der Waals surface area contributed by atoms with Crippen LogP contribution >= 0.6 is 11.3 Å². The van der Waals surface area contributed by atoms with Crippen molar-refractivity contribution in [1.82, 2.24) is 10.3 Å². The van der Waals surface area contributed by atoms with Crippen LogP contribution in [0.5, 0.6) is 11.6 Å². The van der Waals surface area contributed by atoms with Gasteiger partial charge in [-0.15, -0.1) is 11.3 Å². The molecule has 0 saturated carbocycles. The van der Waals surface area contributed by atoms with Crippen LogP contribution in [0, 0.1) is 0 Å². The summed E-state index contributed by atoms with van der Waals surface area (Å²) < 4.78 is 16.3. The van der Waals surface area contributed by atoms with Crippen LogP contribution in [0.25, 0.3) is 10.4 Å². The van der Waals surface area contributed by atoms with Gasteiger partial charge in [0.25, 0.3) is 5.91 Å². The zero-order valence-electron chi connectivity index (χ0n) is 16.5. The summed E-state index contributed by atoms with van der Waals surface area (Å²) in [7, 11) is 1.61. The fourth-order valence-corrected chi connectivity index (χ4v) is 3.73. The van der Waals surface area contributed by atoms with Gasteiger partial charge in [-0.25, -0.2) is 4.98 Å². The lowest BCUT2D eigenvalue weighted by molar-refractivity contribution is 0.0951. The van der Waals surface area contributed by atoms with Crippen LogP contribution < -0.4 is 14.8 Å². The average molecular weight is 413 g/mol. The molecule has 0 spiro atoms. The summed E-state index contributed by atoms with van der Waals surface area (Å²) in [5.74, 6) is 0.898. The van der Waals surface area contributed by atoms with Crippen LogP contribution in [-0.4, -0.2) is 37.8 Å². The molecule has 152 valence electrons. The molecule has 0 bridgehead atoms. The Morgan fingerprint density at radius 1 is 1.10 bits per heavy atom. The number of nitrogens with one attached hydrogen (secondary N) is 1. The number of aromatic nitrogens is 1. The van der Waals surface area contributed by atoms with Crippen molar-refractivity contribution in [2.45, 2.75) is 13.5 Å². The Labute approximate surface area is 174 Å². The number of methoxy groups -OCH3 is 1. The predicted octanol–water partition coefficient (Wildman–Crippen LogP) is 4.16. The van der Waals surface area contributed by atoms with Crippen molar-refractivity contribution >= 4 is 17.2 Å². The van der Waals surface area contributed by atoms with E-state index in [-0.39, 0.29) is 5.91 Å². The first-order valence-corrected chi connectivity index (χ1v) is 10.2. The van der Waals surface area contributed by atoms with E-state index in [9.17, 15) is 4.79 Å². The van der Waals surface area contributed by atoms with E-state index < -0.39 is 0 Å². The highest BCUT2D eigenvalue weighted by Crippen LogP contribution is 2.36. The maximum Gasteiger partial charge on any atom is 0.265 e. The van der Waals surface area contributed by atoms with Gasteiger partial charge in [-0.1, -0.05) is 36.4 Å². The Hall–Kier alpha value is -2.90. The monoisotopic (exact) mass is 412 g/mol. The molecule has 29 heavy (non-hydrogen) atoms. The zero-order chi connectivity index (χ0) is 20.5. The minimum atomic E-state index is -0.188. The Morgan fingerprint density at radius 3 is 2.69 bits per heavy atom. The minimum absolute atomic E-state index is 0.188. The standard InChI is InChI=1S/C22H24N2O4S/c1-3-27-18-14-19(16-8-5-4-6-9-16)29-20(18)21(25)24-15-17-10-7-11-23-22(17)28-13-12-26-2/h4-11,14H,3,12-13,15H2,1-2H3,(H,24,25). The first-order chi connectivity index (χ1) is 14.2. The molecule has 0 aliphatic heterocycles. The summed E-state index contributed by atoms with van der Waals surface area (Å²) in [4.78, 5) is 18.7. The normalized spacial score (nSPS) is 10.6. The number of pyridine rings is 1. The Balaban J connectivity index is 1.73. The van der Waals surface area contributed by atoms with Gasteiger partial charge < -0.3 is 19.5 Å². The molecule has 3 aromatic rings.